The molecule has 0 aromatic heterocycles. The van der Waals surface area contributed by atoms with Crippen molar-refractivity contribution in [1.82, 2.24) is 0 Å². The Kier molecular flexibility index (Phi) is 36.2. The van der Waals surface area contributed by atoms with Crippen molar-refractivity contribution >= 4 is 5.97 Å². The van der Waals surface area contributed by atoms with Gasteiger partial charge in [0.25, 0.3) is 0 Å². The standard InChI is InChI=1S/C28H56O13/c1-3-4-6-31-8-10-33-12-14-35-16-18-37-20-22-39-24-26-41-27-25-40-23-21-38-19-17-36-15-13-34-11-9-32-7-5-28(29)30-2/h3-27H2,1-2H3. The third kappa shape index (κ3) is 37.0. The van der Waals surface area contributed by atoms with Crippen molar-refractivity contribution in [2.45, 2.75) is 26.2 Å². The fourth-order valence-electron chi connectivity index (χ4n) is 2.81. The van der Waals surface area contributed by atoms with Gasteiger partial charge in [0.05, 0.1) is 152 Å². The van der Waals surface area contributed by atoms with Crippen LogP contribution in [-0.2, 0) is 61.6 Å². The van der Waals surface area contributed by atoms with Crippen LogP contribution < -0.4 is 0 Å². The lowest BCUT2D eigenvalue weighted by Crippen LogP contribution is -2.15. The van der Waals surface area contributed by atoms with E-state index in [2.05, 4.69) is 11.7 Å². The second-order valence-corrected chi connectivity index (χ2v) is 8.42. The second-order valence-electron chi connectivity index (χ2n) is 8.42. The number of hydrogen-bond donors (Lipinski definition) is 0. The second kappa shape index (κ2) is 37.1. The molecular formula is C28H56O13. The van der Waals surface area contributed by atoms with Crippen LogP contribution in [0.15, 0.2) is 0 Å². The van der Waals surface area contributed by atoms with E-state index in [1.54, 1.807) is 0 Å². The number of ether oxygens (including phenoxy) is 12. The smallest absolute Gasteiger partial charge is 0.307 e. The zero-order valence-corrected chi connectivity index (χ0v) is 25.5. The average molecular weight is 601 g/mol. The molecule has 0 bridgehead atoms. The molecule has 0 fully saturated rings. The van der Waals surface area contributed by atoms with Crippen molar-refractivity contribution in [2.75, 3.05) is 152 Å². The number of carbonyl (C=O) groups excluding carboxylic acids is 1. The lowest BCUT2D eigenvalue weighted by atomic mass is 10.4. The predicted molar refractivity (Wildman–Crippen MR) is 151 cm³/mol. The quantitative estimate of drug-likeness (QED) is 0.0762. The van der Waals surface area contributed by atoms with Gasteiger partial charge in [-0.1, -0.05) is 13.3 Å². The van der Waals surface area contributed by atoms with Crippen molar-refractivity contribution < 1.29 is 61.6 Å². The normalized spacial score (nSPS) is 11.4. The van der Waals surface area contributed by atoms with Gasteiger partial charge in [-0.3, -0.25) is 4.79 Å². The SMILES string of the molecule is CCCCOCCOCCOCCOCCOCCOCCOCCOCCOCCOCCOCCC(=O)OC. The first kappa shape index (κ1) is 40.0. The van der Waals surface area contributed by atoms with Crippen molar-refractivity contribution in [2.24, 2.45) is 0 Å². The molecule has 13 nitrogen and oxygen atoms in total. The number of carbonyl (C=O) groups is 1. The summed E-state index contributed by atoms with van der Waals surface area (Å²) in [6.45, 7) is 13.6. The van der Waals surface area contributed by atoms with Crippen LogP contribution in [0.4, 0.5) is 0 Å². The van der Waals surface area contributed by atoms with E-state index in [-0.39, 0.29) is 12.4 Å². The third-order valence-corrected chi connectivity index (χ3v) is 5.04. The Morgan fingerprint density at radius 1 is 0.366 bits per heavy atom. The minimum atomic E-state index is -0.284. The van der Waals surface area contributed by atoms with Crippen LogP contribution in [0.1, 0.15) is 26.2 Å². The molecule has 0 aromatic carbocycles. The number of esters is 1. The van der Waals surface area contributed by atoms with Gasteiger partial charge in [0.15, 0.2) is 0 Å². The van der Waals surface area contributed by atoms with Crippen LogP contribution in [-0.4, -0.2) is 158 Å². The first-order valence-electron chi connectivity index (χ1n) is 14.7. The maximum absolute atomic E-state index is 10.9. The molecular weight excluding hydrogens is 544 g/mol. The van der Waals surface area contributed by atoms with Crippen molar-refractivity contribution in [3.05, 3.63) is 0 Å². The first-order chi connectivity index (χ1) is 20.3. The lowest BCUT2D eigenvalue weighted by molar-refractivity contribution is -0.141. The van der Waals surface area contributed by atoms with E-state index < -0.39 is 0 Å². The number of unbranched alkanes of at least 4 members (excludes halogenated alkanes) is 1. The topological polar surface area (TPSA) is 128 Å². The van der Waals surface area contributed by atoms with E-state index in [0.717, 1.165) is 19.4 Å². The Hall–Kier alpha value is -0.970. The largest absolute Gasteiger partial charge is 0.469 e. The molecule has 0 saturated heterocycles. The summed E-state index contributed by atoms with van der Waals surface area (Å²) in [6.07, 6.45) is 2.48. The molecule has 0 atom stereocenters. The Bertz CT molecular complexity index is 500. The highest BCUT2D eigenvalue weighted by Crippen LogP contribution is 1.90. The summed E-state index contributed by atoms with van der Waals surface area (Å²) in [5.74, 6) is -0.284. The van der Waals surface area contributed by atoms with Crippen LogP contribution in [0, 0.1) is 0 Å². The summed E-state index contributed by atoms with van der Waals surface area (Å²) < 4.78 is 64.1. The summed E-state index contributed by atoms with van der Waals surface area (Å²) in [6, 6.07) is 0. The molecule has 0 aromatic rings. The molecule has 0 unspecified atom stereocenters. The van der Waals surface area contributed by atoms with Crippen molar-refractivity contribution in [3.8, 4) is 0 Å². The number of hydrogen-bond acceptors (Lipinski definition) is 13. The summed E-state index contributed by atoms with van der Waals surface area (Å²) in [5, 5.41) is 0. The minimum absolute atomic E-state index is 0.247. The monoisotopic (exact) mass is 600 g/mol. The van der Waals surface area contributed by atoms with Crippen LogP contribution in [0.5, 0.6) is 0 Å². The molecule has 0 heterocycles. The summed E-state index contributed by atoms with van der Waals surface area (Å²) in [5.41, 5.74) is 0. The maximum Gasteiger partial charge on any atom is 0.307 e. The van der Waals surface area contributed by atoms with Gasteiger partial charge in [-0.25, -0.2) is 0 Å². The summed E-state index contributed by atoms with van der Waals surface area (Å²) >= 11 is 0. The van der Waals surface area contributed by atoms with E-state index in [4.69, 9.17) is 52.1 Å². The molecule has 0 amide bonds. The molecule has 0 N–H and O–H groups in total. The highest BCUT2D eigenvalue weighted by Gasteiger charge is 1.99. The molecule has 13 heteroatoms. The molecule has 0 aliphatic heterocycles. The van der Waals surface area contributed by atoms with Gasteiger partial charge >= 0.3 is 5.97 Å². The molecule has 0 saturated carbocycles. The Balaban J connectivity index is 3.04. The lowest BCUT2D eigenvalue weighted by Gasteiger charge is -2.09. The number of methoxy groups -OCH3 is 1. The van der Waals surface area contributed by atoms with E-state index in [1.807, 2.05) is 0 Å². The molecule has 41 heavy (non-hydrogen) atoms. The van der Waals surface area contributed by atoms with Crippen molar-refractivity contribution in [1.29, 1.82) is 0 Å². The fraction of sp³-hybridized carbons (Fsp3) is 0.964. The van der Waals surface area contributed by atoms with Crippen LogP contribution >= 0.6 is 0 Å². The minimum Gasteiger partial charge on any atom is -0.469 e. The van der Waals surface area contributed by atoms with Crippen molar-refractivity contribution in [3.63, 3.8) is 0 Å². The van der Waals surface area contributed by atoms with Crippen LogP contribution in [0.3, 0.4) is 0 Å². The van der Waals surface area contributed by atoms with Gasteiger partial charge in [0.1, 0.15) is 0 Å². The van der Waals surface area contributed by atoms with Gasteiger partial charge in [0.2, 0.25) is 0 Å². The molecule has 0 radical (unpaired) electrons. The van der Waals surface area contributed by atoms with Gasteiger partial charge in [-0.2, -0.15) is 0 Å². The zero-order valence-electron chi connectivity index (χ0n) is 25.5. The highest BCUT2D eigenvalue weighted by molar-refractivity contribution is 5.69. The Morgan fingerprint density at radius 2 is 0.585 bits per heavy atom. The van der Waals surface area contributed by atoms with E-state index in [9.17, 15) is 4.79 Å². The number of rotatable bonds is 36. The molecule has 0 rings (SSSR count). The van der Waals surface area contributed by atoms with Gasteiger partial charge in [0, 0.05) is 6.61 Å². The molecule has 246 valence electrons. The van der Waals surface area contributed by atoms with Crippen LogP contribution in [0.2, 0.25) is 0 Å². The zero-order chi connectivity index (χ0) is 29.7. The van der Waals surface area contributed by atoms with Gasteiger partial charge in [-0.05, 0) is 6.42 Å². The third-order valence-electron chi connectivity index (χ3n) is 5.04. The van der Waals surface area contributed by atoms with E-state index >= 15 is 0 Å². The summed E-state index contributed by atoms with van der Waals surface area (Å²) in [7, 11) is 1.35. The molecule has 0 aliphatic carbocycles. The maximum atomic E-state index is 10.9. The summed E-state index contributed by atoms with van der Waals surface area (Å²) in [4.78, 5) is 10.9. The Morgan fingerprint density at radius 3 is 0.805 bits per heavy atom. The van der Waals surface area contributed by atoms with Gasteiger partial charge in [-0.15, -0.1) is 0 Å². The Labute approximate surface area is 246 Å². The van der Waals surface area contributed by atoms with Crippen LogP contribution in [0.25, 0.3) is 0 Å². The first-order valence-corrected chi connectivity index (χ1v) is 14.7. The predicted octanol–water partition coefficient (Wildman–Crippen LogP) is 1.53. The van der Waals surface area contributed by atoms with Gasteiger partial charge < -0.3 is 56.8 Å². The fourth-order valence-corrected chi connectivity index (χ4v) is 2.81. The molecule has 0 spiro atoms. The highest BCUT2D eigenvalue weighted by atomic mass is 16.6. The average Bonchev–Trinajstić information content (AvgIpc) is 2.99. The van der Waals surface area contributed by atoms with E-state index in [1.165, 1.54) is 7.11 Å². The van der Waals surface area contributed by atoms with E-state index in [0.29, 0.717) is 139 Å². The molecule has 0 aliphatic rings.